The second-order valence-electron chi connectivity index (χ2n) is 10.4. The summed E-state index contributed by atoms with van der Waals surface area (Å²) < 4.78 is 17.7. The molecule has 0 unspecified atom stereocenters. The third kappa shape index (κ3) is 7.42. The number of hydrogen-bond acceptors (Lipinski definition) is 8. The Morgan fingerprint density at radius 3 is 2.60 bits per heavy atom. The molecule has 3 N–H and O–H groups in total. The molecule has 226 valence electrons. The van der Waals surface area contributed by atoms with Gasteiger partial charge in [0.2, 0.25) is 11.8 Å². The number of rotatable bonds is 13. The van der Waals surface area contributed by atoms with Crippen molar-refractivity contribution in [3.8, 4) is 17.2 Å². The quantitative estimate of drug-likeness (QED) is 0.216. The molecule has 42 heavy (non-hydrogen) atoms. The number of amides is 2. The third-order valence-corrected chi connectivity index (χ3v) is 8.57. The first kappa shape index (κ1) is 31.8. The smallest absolute Gasteiger partial charge is 0.247 e. The summed E-state index contributed by atoms with van der Waals surface area (Å²) in [7, 11) is 3.05. The first-order valence-electron chi connectivity index (χ1n) is 14.0. The van der Waals surface area contributed by atoms with Gasteiger partial charge in [-0.05, 0) is 77.8 Å². The number of aldehydes is 1. The van der Waals surface area contributed by atoms with E-state index >= 15 is 0 Å². The van der Waals surface area contributed by atoms with Crippen molar-refractivity contribution in [2.45, 2.75) is 50.4 Å². The number of methoxy groups -OCH3 is 2. The lowest BCUT2D eigenvalue weighted by molar-refractivity contribution is -0.145. The Kier molecular flexibility index (Phi) is 11.2. The van der Waals surface area contributed by atoms with Crippen molar-refractivity contribution in [1.82, 2.24) is 10.2 Å². The number of hydrogen-bond donors (Lipinski definition) is 3. The Bertz CT molecular complexity index is 1310. The maximum atomic E-state index is 13.8. The molecule has 0 aromatic heterocycles. The summed E-state index contributed by atoms with van der Waals surface area (Å²) in [6, 6.07) is 10.1. The molecular weight excluding hydrogens is 655 g/mol. The van der Waals surface area contributed by atoms with Crippen LogP contribution < -0.4 is 19.5 Å². The van der Waals surface area contributed by atoms with E-state index in [0.717, 1.165) is 24.8 Å². The highest BCUT2D eigenvalue weighted by atomic mass is 127. The van der Waals surface area contributed by atoms with E-state index in [1.54, 1.807) is 24.2 Å². The van der Waals surface area contributed by atoms with Crippen LogP contribution in [0, 0.1) is 9.49 Å². The Balaban J connectivity index is 1.68. The fourth-order valence-corrected chi connectivity index (χ4v) is 6.00. The Labute approximate surface area is 259 Å². The van der Waals surface area contributed by atoms with Gasteiger partial charge >= 0.3 is 0 Å². The van der Waals surface area contributed by atoms with Crippen molar-refractivity contribution >= 4 is 40.7 Å². The van der Waals surface area contributed by atoms with E-state index in [1.807, 2.05) is 46.9 Å². The van der Waals surface area contributed by atoms with Crippen LogP contribution in [0.3, 0.4) is 0 Å². The molecule has 0 heterocycles. The van der Waals surface area contributed by atoms with Gasteiger partial charge in [-0.1, -0.05) is 18.6 Å². The van der Waals surface area contributed by atoms with E-state index in [0.29, 0.717) is 51.2 Å². The lowest BCUT2D eigenvalue weighted by Gasteiger charge is -2.43. The van der Waals surface area contributed by atoms with Crippen LogP contribution in [0.15, 0.2) is 48.0 Å². The van der Waals surface area contributed by atoms with Gasteiger partial charge in [0.1, 0.15) is 24.2 Å². The standard InChI is InChI=1S/C31H37IN2O8/c1-40-23-8-3-5-19(13-23)9-11-34(31(39)21-6-4-7-21)25-16-22(30(38)33-10-12-35)17-26(28(25)37)42-29-24(32)14-20(18-36)15-27(29)41-2/h3,5,8,13-15,17-18,21,25-26,28,35,37H,4,6-7,9-12,16H2,1-2H3,(H,33,38)/t25-,26+,28+/m1/s1. The second-order valence-corrected chi connectivity index (χ2v) is 11.6. The first-order valence-corrected chi connectivity index (χ1v) is 15.1. The zero-order valence-corrected chi connectivity index (χ0v) is 25.9. The van der Waals surface area contributed by atoms with Gasteiger partial charge in [-0.2, -0.15) is 0 Å². The molecule has 2 aromatic carbocycles. The van der Waals surface area contributed by atoms with Crippen LogP contribution in [0.25, 0.3) is 0 Å². The number of aliphatic hydroxyl groups is 2. The summed E-state index contributed by atoms with van der Waals surface area (Å²) in [5, 5.41) is 23.7. The van der Waals surface area contributed by atoms with E-state index in [1.165, 1.54) is 13.2 Å². The van der Waals surface area contributed by atoms with Gasteiger partial charge in [0, 0.05) is 36.6 Å². The highest BCUT2D eigenvalue weighted by Gasteiger charge is 2.43. The molecule has 2 aromatic rings. The van der Waals surface area contributed by atoms with Crippen LogP contribution in [0.2, 0.25) is 0 Å². The van der Waals surface area contributed by atoms with Crippen LogP contribution in [0.5, 0.6) is 17.2 Å². The van der Waals surface area contributed by atoms with E-state index in [-0.39, 0.29) is 31.4 Å². The summed E-state index contributed by atoms with van der Waals surface area (Å²) in [6.45, 7) is 0.169. The minimum atomic E-state index is -1.17. The largest absolute Gasteiger partial charge is 0.497 e. The number of nitrogens with one attached hydrogen (secondary N) is 1. The number of halogens is 1. The number of aliphatic hydroxyl groups excluding tert-OH is 2. The second kappa shape index (κ2) is 14.8. The average molecular weight is 693 g/mol. The summed E-state index contributed by atoms with van der Waals surface area (Å²) in [5.41, 5.74) is 1.72. The molecule has 11 heteroatoms. The van der Waals surface area contributed by atoms with Gasteiger partial charge in [0.15, 0.2) is 11.5 Å². The number of nitrogens with zero attached hydrogens (tertiary/aromatic N) is 1. The highest BCUT2D eigenvalue weighted by Crippen LogP contribution is 2.38. The molecule has 2 amide bonds. The molecule has 1 saturated carbocycles. The number of carbonyl (C=O) groups excluding carboxylic acids is 3. The molecule has 1 fully saturated rings. The molecule has 4 rings (SSSR count). The van der Waals surface area contributed by atoms with E-state index in [2.05, 4.69) is 5.32 Å². The molecule has 0 saturated heterocycles. The van der Waals surface area contributed by atoms with Crippen molar-refractivity contribution in [2.75, 3.05) is 33.9 Å². The fourth-order valence-electron chi connectivity index (χ4n) is 5.24. The lowest BCUT2D eigenvalue weighted by Crippen LogP contribution is -2.57. The summed E-state index contributed by atoms with van der Waals surface area (Å²) in [4.78, 5) is 40.0. The number of carbonyl (C=O) groups is 3. The molecular formula is C31H37IN2O8. The predicted octanol–water partition coefficient (Wildman–Crippen LogP) is 2.91. The van der Waals surface area contributed by atoms with Gasteiger partial charge in [-0.3, -0.25) is 14.4 Å². The topological polar surface area (TPSA) is 135 Å². The van der Waals surface area contributed by atoms with E-state index in [4.69, 9.17) is 14.2 Å². The Morgan fingerprint density at radius 2 is 1.95 bits per heavy atom. The monoisotopic (exact) mass is 692 g/mol. The van der Waals surface area contributed by atoms with Gasteiger partial charge in [-0.25, -0.2) is 0 Å². The SMILES string of the molecule is COc1cccc(CCN(C(=O)C2CCC2)[C@@H]2CC(C(=O)NCCO)=C[C@H](Oc3c(I)cc(C=O)cc3OC)[C@H]2O)c1. The first-order chi connectivity index (χ1) is 20.3. The van der Waals surface area contributed by atoms with Crippen LogP contribution >= 0.6 is 22.6 Å². The van der Waals surface area contributed by atoms with Crippen LogP contribution in [0.4, 0.5) is 0 Å². The van der Waals surface area contributed by atoms with E-state index < -0.39 is 24.2 Å². The van der Waals surface area contributed by atoms with Gasteiger partial charge < -0.3 is 34.6 Å². The molecule has 0 radical (unpaired) electrons. The van der Waals surface area contributed by atoms with Crippen molar-refractivity contribution in [3.05, 3.63) is 62.7 Å². The van der Waals surface area contributed by atoms with Gasteiger partial charge in [-0.15, -0.1) is 0 Å². The van der Waals surface area contributed by atoms with Crippen LogP contribution in [0.1, 0.15) is 41.6 Å². The maximum absolute atomic E-state index is 13.8. The minimum absolute atomic E-state index is 0.0496. The molecule has 2 aliphatic rings. The number of benzene rings is 2. The summed E-state index contributed by atoms with van der Waals surface area (Å²) >= 11 is 2.03. The van der Waals surface area contributed by atoms with Gasteiger partial charge in [0.25, 0.3) is 0 Å². The van der Waals surface area contributed by atoms with Gasteiger partial charge in [0.05, 0.1) is 30.4 Å². The molecule has 10 nitrogen and oxygen atoms in total. The minimum Gasteiger partial charge on any atom is -0.497 e. The third-order valence-electron chi connectivity index (χ3n) is 7.77. The van der Waals surface area contributed by atoms with Crippen LogP contribution in [-0.4, -0.2) is 85.4 Å². The lowest BCUT2D eigenvalue weighted by atomic mass is 9.82. The van der Waals surface area contributed by atoms with Crippen molar-refractivity contribution in [1.29, 1.82) is 0 Å². The molecule has 0 bridgehead atoms. The summed E-state index contributed by atoms with van der Waals surface area (Å²) in [5.74, 6) is 0.746. The maximum Gasteiger partial charge on any atom is 0.247 e. The van der Waals surface area contributed by atoms with Crippen molar-refractivity contribution in [2.24, 2.45) is 5.92 Å². The van der Waals surface area contributed by atoms with Crippen molar-refractivity contribution in [3.63, 3.8) is 0 Å². The number of ether oxygens (including phenoxy) is 3. The highest BCUT2D eigenvalue weighted by molar-refractivity contribution is 14.1. The Hall–Kier alpha value is -3.16. The zero-order valence-electron chi connectivity index (χ0n) is 23.8. The molecule has 3 atom stereocenters. The summed E-state index contributed by atoms with van der Waals surface area (Å²) in [6.07, 6.45) is 3.29. The molecule has 0 aliphatic heterocycles. The predicted molar refractivity (Wildman–Crippen MR) is 164 cm³/mol. The molecule has 2 aliphatic carbocycles. The Morgan fingerprint density at radius 1 is 1.17 bits per heavy atom. The fraction of sp³-hybridized carbons (Fsp3) is 0.452. The van der Waals surface area contributed by atoms with Crippen molar-refractivity contribution < 1.29 is 38.8 Å². The zero-order chi connectivity index (χ0) is 30.2. The van der Waals surface area contributed by atoms with Crippen LogP contribution in [-0.2, 0) is 16.0 Å². The average Bonchev–Trinajstić information content (AvgIpc) is 2.97. The van der Waals surface area contributed by atoms with E-state index in [9.17, 15) is 24.6 Å². The molecule has 0 spiro atoms. The normalized spacial score (nSPS) is 20.1.